The SMILES string of the molecule is CCOc1cc(C=C2SC(=S)N(CCCC(=O)O)C2=O)ccc1OCc1ccc([N+](=O)[O-])cc1. The summed E-state index contributed by atoms with van der Waals surface area (Å²) in [5, 5.41) is 19.6. The van der Waals surface area contributed by atoms with Crippen LogP contribution in [-0.4, -0.2) is 44.3 Å². The van der Waals surface area contributed by atoms with Gasteiger partial charge in [-0.15, -0.1) is 0 Å². The van der Waals surface area contributed by atoms with E-state index in [4.69, 9.17) is 26.8 Å². The monoisotopic (exact) mass is 502 g/mol. The molecule has 0 atom stereocenters. The third-order valence-electron chi connectivity index (χ3n) is 4.75. The van der Waals surface area contributed by atoms with E-state index in [-0.39, 0.29) is 31.2 Å². The van der Waals surface area contributed by atoms with Gasteiger partial charge in [-0.25, -0.2) is 0 Å². The zero-order chi connectivity index (χ0) is 24.7. The Labute approximate surface area is 205 Å². The summed E-state index contributed by atoms with van der Waals surface area (Å²) in [5.41, 5.74) is 1.50. The number of thioether (sulfide) groups is 1. The summed E-state index contributed by atoms with van der Waals surface area (Å²) in [6.07, 6.45) is 2.00. The molecule has 0 saturated carbocycles. The van der Waals surface area contributed by atoms with Gasteiger partial charge in [-0.2, -0.15) is 0 Å². The average molecular weight is 503 g/mol. The van der Waals surface area contributed by atoms with E-state index in [9.17, 15) is 19.7 Å². The first-order chi connectivity index (χ1) is 16.3. The van der Waals surface area contributed by atoms with Crippen molar-refractivity contribution in [3.63, 3.8) is 0 Å². The standard InChI is InChI=1S/C23H22N2O7S2/c1-2-31-19-12-16(13-20-22(28)24(23(33)34-20)11-3-4-21(26)27)7-10-18(19)32-14-15-5-8-17(9-6-15)25(29)30/h5-10,12-13H,2-4,11,14H2,1H3,(H,26,27). The molecule has 0 aromatic heterocycles. The second kappa shape index (κ2) is 11.6. The molecule has 1 amide bonds. The van der Waals surface area contributed by atoms with Gasteiger partial charge in [0, 0.05) is 25.1 Å². The second-order valence-corrected chi connectivity index (χ2v) is 8.86. The number of carboxylic acids is 1. The molecule has 1 N–H and O–H groups in total. The molecule has 1 aliphatic heterocycles. The smallest absolute Gasteiger partial charge is 0.303 e. The summed E-state index contributed by atoms with van der Waals surface area (Å²) in [5.74, 6) is -0.175. The fourth-order valence-corrected chi connectivity index (χ4v) is 4.42. The molecule has 1 aliphatic rings. The lowest BCUT2D eigenvalue weighted by molar-refractivity contribution is -0.384. The Bertz CT molecular complexity index is 1130. The highest BCUT2D eigenvalue weighted by Crippen LogP contribution is 2.35. The maximum Gasteiger partial charge on any atom is 0.303 e. The van der Waals surface area contributed by atoms with Crippen molar-refractivity contribution in [3.05, 3.63) is 68.6 Å². The van der Waals surface area contributed by atoms with E-state index in [0.29, 0.717) is 33.8 Å². The molecule has 2 aromatic rings. The minimum absolute atomic E-state index is 0.00964. The van der Waals surface area contributed by atoms with Crippen LogP contribution in [0.3, 0.4) is 0 Å². The predicted octanol–water partition coefficient (Wildman–Crippen LogP) is 4.64. The number of benzene rings is 2. The van der Waals surface area contributed by atoms with Gasteiger partial charge in [-0.05, 0) is 54.8 Å². The van der Waals surface area contributed by atoms with Crippen molar-refractivity contribution in [2.24, 2.45) is 0 Å². The highest BCUT2D eigenvalue weighted by Gasteiger charge is 2.31. The average Bonchev–Trinajstić information content (AvgIpc) is 3.06. The molecule has 2 aromatic carbocycles. The van der Waals surface area contributed by atoms with Crippen LogP contribution >= 0.6 is 24.0 Å². The highest BCUT2D eigenvalue weighted by molar-refractivity contribution is 8.26. The first-order valence-electron chi connectivity index (χ1n) is 10.4. The lowest BCUT2D eigenvalue weighted by Gasteiger charge is -2.13. The van der Waals surface area contributed by atoms with Gasteiger partial charge in [-0.1, -0.05) is 30.0 Å². The number of ether oxygens (including phenoxy) is 2. The van der Waals surface area contributed by atoms with Crippen molar-refractivity contribution in [3.8, 4) is 11.5 Å². The Morgan fingerprint density at radius 2 is 1.94 bits per heavy atom. The van der Waals surface area contributed by atoms with Gasteiger partial charge >= 0.3 is 5.97 Å². The summed E-state index contributed by atoms with van der Waals surface area (Å²) in [6.45, 7) is 2.71. The van der Waals surface area contributed by atoms with E-state index in [0.717, 1.165) is 11.1 Å². The topological polar surface area (TPSA) is 119 Å². The Balaban J connectivity index is 1.71. The number of nitro benzene ring substituents is 1. The molecule has 178 valence electrons. The van der Waals surface area contributed by atoms with E-state index in [1.54, 1.807) is 36.4 Å². The Morgan fingerprint density at radius 1 is 1.21 bits per heavy atom. The number of rotatable bonds is 11. The lowest BCUT2D eigenvalue weighted by Crippen LogP contribution is -2.29. The van der Waals surface area contributed by atoms with Crippen LogP contribution in [0, 0.1) is 10.1 Å². The summed E-state index contributed by atoms with van der Waals surface area (Å²) < 4.78 is 12.0. The van der Waals surface area contributed by atoms with Gasteiger partial charge in [0.15, 0.2) is 11.5 Å². The normalized spacial score (nSPS) is 14.5. The molecule has 3 rings (SSSR count). The van der Waals surface area contributed by atoms with Crippen LogP contribution in [0.25, 0.3) is 6.08 Å². The summed E-state index contributed by atoms with van der Waals surface area (Å²) in [6, 6.07) is 11.4. The van der Waals surface area contributed by atoms with Crippen molar-refractivity contribution in [2.75, 3.05) is 13.2 Å². The number of carbonyl (C=O) groups excluding carboxylic acids is 1. The van der Waals surface area contributed by atoms with E-state index in [2.05, 4.69) is 0 Å². The van der Waals surface area contributed by atoms with Crippen molar-refractivity contribution >= 4 is 51.9 Å². The number of amides is 1. The van der Waals surface area contributed by atoms with Crippen LogP contribution in [0.1, 0.15) is 30.9 Å². The molecule has 0 bridgehead atoms. The quantitative estimate of drug-likeness (QED) is 0.203. The van der Waals surface area contributed by atoms with Gasteiger partial charge in [0.05, 0.1) is 16.4 Å². The van der Waals surface area contributed by atoms with E-state index in [1.807, 2.05) is 6.92 Å². The fraction of sp³-hybridized carbons (Fsp3) is 0.261. The fourth-order valence-electron chi connectivity index (χ4n) is 3.11. The first-order valence-corrected chi connectivity index (χ1v) is 11.6. The molecule has 0 spiro atoms. The van der Waals surface area contributed by atoms with E-state index >= 15 is 0 Å². The summed E-state index contributed by atoms with van der Waals surface area (Å²) >= 11 is 6.45. The Kier molecular flexibility index (Phi) is 8.61. The molecular weight excluding hydrogens is 480 g/mol. The molecule has 1 heterocycles. The van der Waals surface area contributed by atoms with E-state index < -0.39 is 10.9 Å². The predicted molar refractivity (Wildman–Crippen MR) is 132 cm³/mol. The van der Waals surface area contributed by atoms with Crippen LogP contribution in [-0.2, 0) is 16.2 Å². The zero-order valence-electron chi connectivity index (χ0n) is 18.3. The molecule has 1 saturated heterocycles. The van der Waals surface area contributed by atoms with Gasteiger partial charge in [0.2, 0.25) is 0 Å². The zero-order valence-corrected chi connectivity index (χ0v) is 19.9. The first kappa shape index (κ1) is 25.2. The highest BCUT2D eigenvalue weighted by atomic mass is 32.2. The molecular formula is C23H22N2O7S2. The van der Waals surface area contributed by atoms with Crippen LogP contribution in [0.5, 0.6) is 11.5 Å². The van der Waals surface area contributed by atoms with Crippen molar-refractivity contribution in [2.45, 2.75) is 26.4 Å². The largest absolute Gasteiger partial charge is 0.490 e. The molecule has 0 radical (unpaired) electrons. The third kappa shape index (κ3) is 6.55. The number of carboxylic acid groups (broad SMARTS) is 1. The number of aliphatic carboxylic acids is 1. The molecule has 0 unspecified atom stereocenters. The van der Waals surface area contributed by atoms with Crippen LogP contribution in [0.4, 0.5) is 5.69 Å². The van der Waals surface area contributed by atoms with Gasteiger partial charge in [0.1, 0.15) is 10.9 Å². The van der Waals surface area contributed by atoms with Gasteiger partial charge in [0.25, 0.3) is 11.6 Å². The van der Waals surface area contributed by atoms with Gasteiger partial charge < -0.3 is 14.6 Å². The minimum atomic E-state index is -0.916. The number of nitrogens with zero attached hydrogens (tertiary/aromatic N) is 2. The van der Waals surface area contributed by atoms with Crippen LogP contribution < -0.4 is 9.47 Å². The second-order valence-electron chi connectivity index (χ2n) is 7.18. The van der Waals surface area contributed by atoms with Crippen molar-refractivity contribution < 1.29 is 29.1 Å². The van der Waals surface area contributed by atoms with E-state index in [1.165, 1.54) is 28.8 Å². The molecule has 11 heteroatoms. The summed E-state index contributed by atoms with van der Waals surface area (Å²) in [7, 11) is 0. The van der Waals surface area contributed by atoms with Crippen molar-refractivity contribution in [1.82, 2.24) is 4.90 Å². The van der Waals surface area contributed by atoms with Crippen LogP contribution in [0.2, 0.25) is 0 Å². The van der Waals surface area contributed by atoms with Crippen molar-refractivity contribution in [1.29, 1.82) is 0 Å². The Morgan fingerprint density at radius 3 is 2.59 bits per heavy atom. The number of hydrogen-bond donors (Lipinski definition) is 1. The number of non-ortho nitro benzene ring substituents is 1. The van der Waals surface area contributed by atoms with Gasteiger partial charge in [-0.3, -0.25) is 24.6 Å². The van der Waals surface area contributed by atoms with Crippen LogP contribution in [0.15, 0.2) is 47.4 Å². The lowest BCUT2D eigenvalue weighted by atomic mass is 10.1. The molecule has 34 heavy (non-hydrogen) atoms. The third-order valence-corrected chi connectivity index (χ3v) is 6.13. The maximum atomic E-state index is 12.7. The maximum absolute atomic E-state index is 12.7. The number of hydrogen-bond acceptors (Lipinski definition) is 8. The number of nitro groups is 1. The molecule has 9 nitrogen and oxygen atoms in total. The number of carbonyl (C=O) groups is 2. The Hall–Kier alpha value is -3.44. The summed E-state index contributed by atoms with van der Waals surface area (Å²) in [4.78, 5) is 35.6. The number of thiocarbonyl (C=S) groups is 1. The molecule has 1 fully saturated rings. The molecule has 0 aliphatic carbocycles. The minimum Gasteiger partial charge on any atom is -0.490 e.